The van der Waals surface area contributed by atoms with Crippen molar-refractivity contribution in [1.82, 2.24) is 4.90 Å². The van der Waals surface area contributed by atoms with E-state index in [-0.39, 0.29) is 5.91 Å². The van der Waals surface area contributed by atoms with Crippen molar-refractivity contribution < 1.29 is 4.79 Å². The van der Waals surface area contributed by atoms with Crippen LogP contribution in [0.15, 0.2) is 12.2 Å². The average Bonchev–Trinajstić information content (AvgIpc) is 2.28. The summed E-state index contributed by atoms with van der Waals surface area (Å²) >= 11 is 5.04. The lowest BCUT2D eigenvalue weighted by Gasteiger charge is -2.15. The molecule has 1 fully saturated rings. The molecule has 1 aliphatic rings. The number of thiocarbonyl (C=S) groups is 1. The summed E-state index contributed by atoms with van der Waals surface area (Å²) in [7, 11) is 0. The summed E-state index contributed by atoms with van der Waals surface area (Å²) in [4.78, 5) is 13.7. The maximum Gasteiger partial charge on any atom is 0.227 e. The Morgan fingerprint density at radius 2 is 2.33 bits per heavy atom. The molecule has 0 spiro atoms. The van der Waals surface area contributed by atoms with Gasteiger partial charge >= 0.3 is 0 Å². The van der Waals surface area contributed by atoms with Gasteiger partial charge < -0.3 is 4.90 Å². The van der Waals surface area contributed by atoms with E-state index < -0.39 is 0 Å². The van der Waals surface area contributed by atoms with E-state index in [1.54, 1.807) is 4.90 Å². The monoisotopic (exact) mass is 183 g/mol. The van der Waals surface area contributed by atoms with E-state index >= 15 is 0 Å². The lowest BCUT2D eigenvalue weighted by molar-refractivity contribution is -0.125. The van der Waals surface area contributed by atoms with Gasteiger partial charge in [0.2, 0.25) is 5.91 Å². The van der Waals surface area contributed by atoms with Gasteiger partial charge in [-0.1, -0.05) is 17.8 Å². The maximum atomic E-state index is 11.2. The fourth-order valence-electron chi connectivity index (χ4n) is 1.17. The molecular formula is C9H13NOS. The van der Waals surface area contributed by atoms with Crippen LogP contribution in [0.4, 0.5) is 0 Å². The average molecular weight is 183 g/mol. The molecule has 0 radical (unpaired) electrons. The first-order valence-electron chi connectivity index (χ1n) is 4.09. The van der Waals surface area contributed by atoms with Gasteiger partial charge in [-0.25, -0.2) is 0 Å². The summed E-state index contributed by atoms with van der Waals surface area (Å²) < 4.78 is 0. The van der Waals surface area contributed by atoms with Gasteiger partial charge in [-0.2, -0.15) is 0 Å². The minimum atomic E-state index is 0.168. The molecule has 3 heteroatoms. The normalized spacial score (nSPS) is 17.2. The van der Waals surface area contributed by atoms with Crippen LogP contribution >= 0.6 is 12.2 Å². The summed E-state index contributed by atoms with van der Waals surface area (Å²) in [5.74, 6) is 0.168. The predicted molar refractivity (Wildman–Crippen MR) is 53.0 cm³/mol. The molecule has 0 bridgehead atoms. The van der Waals surface area contributed by atoms with Crippen LogP contribution in [0.2, 0.25) is 0 Å². The molecule has 2 nitrogen and oxygen atoms in total. The fraction of sp³-hybridized carbons (Fsp3) is 0.556. The number of rotatable bonds is 3. The van der Waals surface area contributed by atoms with Crippen molar-refractivity contribution in [3.05, 3.63) is 12.2 Å². The Kier molecular flexibility index (Phi) is 2.98. The van der Waals surface area contributed by atoms with E-state index in [0.717, 1.165) is 23.4 Å². The third-order valence-corrected chi connectivity index (χ3v) is 2.34. The molecule has 12 heavy (non-hydrogen) atoms. The molecule has 1 amide bonds. The lowest BCUT2D eigenvalue weighted by Crippen LogP contribution is -2.28. The summed E-state index contributed by atoms with van der Waals surface area (Å²) in [6.07, 6.45) is 2.20. The number of amides is 1. The van der Waals surface area contributed by atoms with Crippen LogP contribution in [0.25, 0.3) is 0 Å². The van der Waals surface area contributed by atoms with Gasteiger partial charge in [0.05, 0.1) is 4.99 Å². The Morgan fingerprint density at radius 3 is 2.75 bits per heavy atom. The molecule has 66 valence electrons. The van der Waals surface area contributed by atoms with Gasteiger partial charge in [-0.3, -0.25) is 4.79 Å². The Hall–Kier alpha value is -0.700. The second-order valence-electron chi connectivity index (χ2n) is 3.15. The standard InChI is InChI=1S/C9H13NOS/c1-7(2)5-6-10-8(11)3-4-9(10)12/h1,3-6H2,2H3. The van der Waals surface area contributed by atoms with Crippen molar-refractivity contribution >= 4 is 23.1 Å². The molecule has 0 N–H and O–H groups in total. The first-order chi connectivity index (χ1) is 5.61. The highest BCUT2D eigenvalue weighted by Crippen LogP contribution is 2.14. The van der Waals surface area contributed by atoms with Gasteiger partial charge in [0.15, 0.2) is 0 Å². The van der Waals surface area contributed by atoms with Crippen molar-refractivity contribution in [2.24, 2.45) is 0 Å². The molecule has 0 aromatic carbocycles. The first kappa shape index (κ1) is 9.39. The van der Waals surface area contributed by atoms with Gasteiger partial charge in [0.25, 0.3) is 0 Å². The first-order valence-corrected chi connectivity index (χ1v) is 4.49. The molecule has 1 heterocycles. The largest absolute Gasteiger partial charge is 0.306 e. The van der Waals surface area contributed by atoms with E-state index in [1.165, 1.54) is 0 Å². The van der Waals surface area contributed by atoms with Crippen LogP contribution < -0.4 is 0 Å². The van der Waals surface area contributed by atoms with Crippen molar-refractivity contribution in [1.29, 1.82) is 0 Å². The highest BCUT2D eigenvalue weighted by molar-refractivity contribution is 7.80. The topological polar surface area (TPSA) is 20.3 Å². The van der Waals surface area contributed by atoms with Crippen molar-refractivity contribution in [3.8, 4) is 0 Å². The number of nitrogens with zero attached hydrogens (tertiary/aromatic N) is 1. The van der Waals surface area contributed by atoms with Crippen LogP contribution in [0.3, 0.4) is 0 Å². The van der Waals surface area contributed by atoms with Crippen molar-refractivity contribution in [2.75, 3.05) is 6.54 Å². The fourth-order valence-corrected chi connectivity index (χ4v) is 1.47. The number of hydrogen-bond acceptors (Lipinski definition) is 2. The third-order valence-electron chi connectivity index (χ3n) is 1.92. The minimum absolute atomic E-state index is 0.168. The Morgan fingerprint density at radius 1 is 1.67 bits per heavy atom. The number of likely N-dealkylation sites (tertiary alicyclic amines) is 1. The molecule has 1 aliphatic heterocycles. The molecule has 0 aliphatic carbocycles. The number of carbonyl (C=O) groups excluding carboxylic acids is 1. The molecule has 1 saturated heterocycles. The zero-order valence-electron chi connectivity index (χ0n) is 7.30. The van der Waals surface area contributed by atoms with E-state index in [4.69, 9.17) is 12.2 Å². The molecule has 0 aromatic heterocycles. The number of carbonyl (C=O) groups is 1. The highest BCUT2D eigenvalue weighted by atomic mass is 32.1. The second kappa shape index (κ2) is 3.81. The Balaban J connectivity index is 2.45. The Bertz CT molecular complexity index is 219. The summed E-state index contributed by atoms with van der Waals surface area (Å²) in [5.41, 5.74) is 1.09. The maximum absolute atomic E-state index is 11.2. The summed E-state index contributed by atoms with van der Waals surface area (Å²) in [5, 5.41) is 0. The zero-order valence-corrected chi connectivity index (χ0v) is 8.12. The zero-order chi connectivity index (χ0) is 9.14. The molecule has 0 saturated carbocycles. The number of hydrogen-bond donors (Lipinski definition) is 0. The molecule has 0 aromatic rings. The summed E-state index contributed by atoms with van der Waals surface area (Å²) in [6.45, 7) is 6.46. The van der Waals surface area contributed by atoms with E-state index in [1.807, 2.05) is 6.92 Å². The van der Waals surface area contributed by atoms with Crippen LogP contribution in [0.1, 0.15) is 26.2 Å². The van der Waals surface area contributed by atoms with Crippen LogP contribution in [-0.4, -0.2) is 22.3 Å². The molecule has 0 atom stereocenters. The van der Waals surface area contributed by atoms with Gasteiger partial charge in [-0.05, 0) is 13.3 Å². The molecule has 0 unspecified atom stereocenters. The van der Waals surface area contributed by atoms with Crippen molar-refractivity contribution in [2.45, 2.75) is 26.2 Å². The van der Waals surface area contributed by atoms with Crippen LogP contribution in [0, 0.1) is 0 Å². The van der Waals surface area contributed by atoms with Gasteiger partial charge in [-0.15, -0.1) is 6.58 Å². The quantitative estimate of drug-likeness (QED) is 0.492. The second-order valence-corrected chi connectivity index (χ2v) is 3.62. The third kappa shape index (κ3) is 2.14. The predicted octanol–water partition coefficient (Wildman–Crippen LogP) is 1.90. The van der Waals surface area contributed by atoms with Crippen LogP contribution in [0.5, 0.6) is 0 Å². The lowest BCUT2D eigenvalue weighted by atomic mass is 10.2. The smallest absolute Gasteiger partial charge is 0.227 e. The van der Waals surface area contributed by atoms with E-state index in [2.05, 4.69) is 6.58 Å². The molecule has 1 rings (SSSR count). The van der Waals surface area contributed by atoms with Gasteiger partial charge in [0, 0.05) is 19.4 Å². The van der Waals surface area contributed by atoms with Gasteiger partial charge in [0.1, 0.15) is 0 Å². The summed E-state index contributed by atoms with van der Waals surface area (Å²) in [6, 6.07) is 0. The van der Waals surface area contributed by atoms with Crippen molar-refractivity contribution in [3.63, 3.8) is 0 Å². The van der Waals surface area contributed by atoms with E-state index in [0.29, 0.717) is 13.0 Å². The SMILES string of the molecule is C=C(C)CCN1C(=O)CCC1=S. The molecular weight excluding hydrogens is 170 g/mol. The van der Waals surface area contributed by atoms with Crippen LogP contribution in [-0.2, 0) is 4.79 Å². The Labute approximate surface area is 78.2 Å². The highest BCUT2D eigenvalue weighted by Gasteiger charge is 2.24. The minimum Gasteiger partial charge on any atom is -0.306 e. The van der Waals surface area contributed by atoms with E-state index in [9.17, 15) is 4.79 Å².